The lowest BCUT2D eigenvalue weighted by Gasteiger charge is -2.09. The Morgan fingerprint density at radius 3 is 2.70 bits per heavy atom. The molecule has 2 N–H and O–H groups in total. The first-order valence-electron chi connectivity index (χ1n) is 6.71. The standard InChI is InChI=1S/C15H20N2O3/c1-5-20-15(18)14-12(9-17(2)3)11-8-10(19-4)6-7-13(11)16-14/h6-8,16H,5,9H2,1-4H3/p+1. The van der Waals surface area contributed by atoms with E-state index in [0.29, 0.717) is 12.3 Å². The smallest absolute Gasteiger partial charge is 0.355 e. The molecule has 0 spiro atoms. The number of nitrogens with one attached hydrogen (secondary N) is 2. The number of carbonyl (C=O) groups excluding carboxylic acids is 1. The number of H-pyrrole nitrogens is 1. The minimum Gasteiger partial charge on any atom is -0.497 e. The van der Waals surface area contributed by atoms with Crippen molar-refractivity contribution in [1.29, 1.82) is 0 Å². The van der Waals surface area contributed by atoms with Crippen LogP contribution >= 0.6 is 0 Å². The monoisotopic (exact) mass is 277 g/mol. The van der Waals surface area contributed by atoms with E-state index in [-0.39, 0.29) is 5.97 Å². The highest BCUT2D eigenvalue weighted by atomic mass is 16.5. The molecule has 1 heterocycles. The number of carbonyl (C=O) groups is 1. The van der Waals surface area contributed by atoms with Crippen molar-refractivity contribution < 1.29 is 19.2 Å². The lowest BCUT2D eigenvalue weighted by atomic mass is 10.1. The molecule has 0 aliphatic heterocycles. The minimum absolute atomic E-state index is 0.307. The number of aromatic amines is 1. The van der Waals surface area contributed by atoms with Crippen LogP contribution in [0.3, 0.4) is 0 Å². The second-order valence-corrected chi connectivity index (χ2v) is 4.99. The van der Waals surface area contributed by atoms with E-state index in [2.05, 4.69) is 4.98 Å². The summed E-state index contributed by atoms with van der Waals surface area (Å²) in [5, 5.41) is 1.01. The number of aromatic nitrogens is 1. The van der Waals surface area contributed by atoms with Gasteiger partial charge in [-0.1, -0.05) is 0 Å². The number of rotatable bonds is 5. The third-order valence-electron chi connectivity index (χ3n) is 3.12. The van der Waals surface area contributed by atoms with Gasteiger partial charge < -0.3 is 19.4 Å². The Morgan fingerprint density at radius 2 is 2.10 bits per heavy atom. The highest BCUT2D eigenvalue weighted by molar-refractivity contribution is 5.98. The van der Waals surface area contributed by atoms with Gasteiger partial charge in [0.05, 0.1) is 27.8 Å². The van der Waals surface area contributed by atoms with E-state index in [1.54, 1.807) is 14.0 Å². The lowest BCUT2D eigenvalue weighted by molar-refractivity contribution is -0.872. The van der Waals surface area contributed by atoms with Gasteiger partial charge in [0.15, 0.2) is 0 Å². The average molecular weight is 277 g/mol. The number of fused-ring (bicyclic) bond motifs is 1. The van der Waals surface area contributed by atoms with Crippen LogP contribution in [0.2, 0.25) is 0 Å². The van der Waals surface area contributed by atoms with Gasteiger partial charge in [-0.3, -0.25) is 0 Å². The quantitative estimate of drug-likeness (QED) is 0.802. The molecule has 5 heteroatoms. The Morgan fingerprint density at radius 1 is 1.35 bits per heavy atom. The zero-order chi connectivity index (χ0) is 14.7. The number of hydrogen-bond acceptors (Lipinski definition) is 3. The molecule has 2 rings (SSSR count). The maximum atomic E-state index is 12.1. The lowest BCUT2D eigenvalue weighted by Crippen LogP contribution is -3.04. The number of hydrogen-bond donors (Lipinski definition) is 2. The molecule has 0 fully saturated rings. The maximum Gasteiger partial charge on any atom is 0.355 e. The summed E-state index contributed by atoms with van der Waals surface area (Å²) in [5.41, 5.74) is 2.43. The fourth-order valence-electron chi connectivity index (χ4n) is 2.27. The van der Waals surface area contributed by atoms with Crippen LogP contribution in [0.15, 0.2) is 18.2 Å². The van der Waals surface area contributed by atoms with Gasteiger partial charge in [0, 0.05) is 16.5 Å². The molecule has 5 nitrogen and oxygen atoms in total. The maximum absolute atomic E-state index is 12.1. The number of esters is 1. The van der Waals surface area contributed by atoms with Crippen LogP contribution in [0.1, 0.15) is 23.0 Å². The van der Waals surface area contributed by atoms with E-state index >= 15 is 0 Å². The van der Waals surface area contributed by atoms with Crippen molar-refractivity contribution >= 4 is 16.9 Å². The fourth-order valence-corrected chi connectivity index (χ4v) is 2.27. The summed E-state index contributed by atoms with van der Waals surface area (Å²) in [6.07, 6.45) is 0. The number of ether oxygens (including phenoxy) is 2. The summed E-state index contributed by atoms with van der Waals surface area (Å²) in [6.45, 7) is 2.91. The Hall–Kier alpha value is -2.01. The predicted octanol–water partition coefficient (Wildman–Crippen LogP) is 0.998. The van der Waals surface area contributed by atoms with Crippen molar-refractivity contribution in [3.05, 3.63) is 29.5 Å². The Kier molecular flexibility index (Phi) is 4.29. The summed E-state index contributed by atoms with van der Waals surface area (Å²) in [7, 11) is 5.73. The van der Waals surface area contributed by atoms with Gasteiger partial charge >= 0.3 is 5.97 Å². The number of quaternary nitrogens is 1. The van der Waals surface area contributed by atoms with Gasteiger partial charge in [-0.2, -0.15) is 0 Å². The van der Waals surface area contributed by atoms with Crippen molar-refractivity contribution in [3.8, 4) is 5.75 Å². The third-order valence-corrected chi connectivity index (χ3v) is 3.12. The summed E-state index contributed by atoms with van der Waals surface area (Å²) in [6, 6.07) is 5.75. The molecule has 1 aromatic carbocycles. The van der Waals surface area contributed by atoms with Crippen molar-refractivity contribution in [2.75, 3.05) is 27.8 Å². The largest absolute Gasteiger partial charge is 0.497 e. The molecule has 2 aromatic rings. The molecular weight excluding hydrogens is 256 g/mol. The molecule has 0 bridgehead atoms. The van der Waals surface area contributed by atoms with Gasteiger partial charge in [-0.25, -0.2) is 4.79 Å². The van der Waals surface area contributed by atoms with Gasteiger partial charge in [0.2, 0.25) is 0 Å². The first-order valence-corrected chi connectivity index (χ1v) is 6.71. The predicted molar refractivity (Wildman–Crippen MR) is 77.3 cm³/mol. The van der Waals surface area contributed by atoms with E-state index in [9.17, 15) is 4.79 Å². The molecule has 0 unspecified atom stereocenters. The Labute approximate surface area is 118 Å². The zero-order valence-electron chi connectivity index (χ0n) is 12.4. The summed E-state index contributed by atoms with van der Waals surface area (Å²) < 4.78 is 10.4. The van der Waals surface area contributed by atoms with Crippen molar-refractivity contribution in [1.82, 2.24) is 4.98 Å². The molecule has 108 valence electrons. The molecule has 1 aromatic heterocycles. The fraction of sp³-hybridized carbons (Fsp3) is 0.400. The molecule has 0 amide bonds. The Balaban J connectivity index is 2.57. The van der Waals surface area contributed by atoms with E-state index < -0.39 is 0 Å². The van der Waals surface area contributed by atoms with Crippen LogP contribution in [-0.4, -0.2) is 38.8 Å². The Bertz CT molecular complexity index is 617. The molecule has 0 saturated carbocycles. The highest BCUT2D eigenvalue weighted by Crippen LogP contribution is 2.26. The third kappa shape index (κ3) is 2.77. The number of methoxy groups -OCH3 is 1. The minimum atomic E-state index is -0.307. The normalized spacial score (nSPS) is 11.1. The van der Waals surface area contributed by atoms with Crippen molar-refractivity contribution in [2.24, 2.45) is 0 Å². The molecular formula is C15H21N2O3+. The van der Waals surface area contributed by atoms with Crippen molar-refractivity contribution in [2.45, 2.75) is 13.5 Å². The van der Waals surface area contributed by atoms with Gasteiger partial charge in [0.25, 0.3) is 0 Å². The highest BCUT2D eigenvalue weighted by Gasteiger charge is 2.21. The molecule has 0 aliphatic carbocycles. The molecule has 0 radical (unpaired) electrons. The topological polar surface area (TPSA) is 55.8 Å². The van der Waals surface area contributed by atoms with Crippen molar-refractivity contribution in [3.63, 3.8) is 0 Å². The van der Waals surface area contributed by atoms with Gasteiger partial charge in [-0.15, -0.1) is 0 Å². The van der Waals surface area contributed by atoms with E-state index in [0.717, 1.165) is 28.8 Å². The molecule has 0 saturated heterocycles. The summed E-state index contributed by atoms with van der Waals surface area (Å²) in [4.78, 5) is 16.5. The number of benzene rings is 1. The van der Waals surface area contributed by atoms with Crippen LogP contribution in [-0.2, 0) is 11.3 Å². The second kappa shape index (κ2) is 5.96. The molecule has 0 atom stereocenters. The van der Waals surface area contributed by atoms with Crippen LogP contribution < -0.4 is 9.64 Å². The van der Waals surface area contributed by atoms with Gasteiger partial charge in [0.1, 0.15) is 18.0 Å². The van der Waals surface area contributed by atoms with E-state index in [4.69, 9.17) is 9.47 Å². The van der Waals surface area contributed by atoms with Crippen LogP contribution in [0.4, 0.5) is 0 Å². The first-order chi connectivity index (χ1) is 9.56. The van der Waals surface area contributed by atoms with E-state index in [1.807, 2.05) is 32.3 Å². The van der Waals surface area contributed by atoms with Crippen LogP contribution in [0.5, 0.6) is 5.75 Å². The second-order valence-electron chi connectivity index (χ2n) is 4.99. The van der Waals surface area contributed by atoms with Crippen LogP contribution in [0.25, 0.3) is 10.9 Å². The first kappa shape index (κ1) is 14.4. The summed E-state index contributed by atoms with van der Waals surface area (Å²) in [5.74, 6) is 0.473. The van der Waals surface area contributed by atoms with Gasteiger partial charge in [-0.05, 0) is 25.1 Å². The molecule has 0 aliphatic rings. The SMILES string of the molecule is CCOC(=O)c1[nH]c2ccc(OC)cc2c1C[NH+](C)C. The zero-order valence-corrected chi connectivity index (χ0v) is 12.4. The summed E-state index contributed by atoms with van der Waals surface area (Å²) >= 11 is 0. The molecule has 20 heavy (non-hydrogen) atoms. The van der Waals surface area contributed by atoms with E-state index in [1.165, 1.54) is 4.90 Å². The average Bonchev–Trinajstić information content (AvgIpc) is 2.76. The van der Waals surface area contributed by atoms with Crippen LogP contribution in [0, 0.1) is 0 Å².